The van der Waals surface area contributed by atoms with Crippen molar-refractivity contribution in [1.29, 1.82) is 0 Å². The Hall–Kier alpha value is -2.28. The molecule has 1 heteroatoms. The third kappa shape index (κ3) is 3.25. The fraction of sp³-hybridized carbons (Fsp3) is 0.200. The van der Waals surface area contributed by atoms with Gasteiger partial charge < -0.3 is 5.32 Å². The first-order chi connectivity index (χ1) is 10.4. The van der Waals surface area contributed by atoms with Crippen molar-refractivity contribution in [2.75, 3.05) is 11.9 Å². The van der Waals surface area contributed by atoms with Crippen LogP contribution in [0.4, 0.5) is 5.69 Å². The smallest absolute Gasteiger partial charge is 0.0340 e. The summed E-state index contributed by atoms with van der Waals surface area (Å²) in [5, 5.41) is 3.45. The average Bonchev–Trinajstić information content (AvgIpc) is 2.93. The van der Waals surface area contributed by atoms with E-state index in [1.807, 2.05) is 0 Å². The van der Waals surface area contributed by atoms with Gasteiger partial charge in [0.2, 0.25) is 0 Å². The van der Waals surface area contributed by atoms with Gasteiger partial charge in [-0.05, 0) is 46.9 Å². The van der Waals surface area contributed by atoms with Crippen molar-refractivity contribution < 1.29 is 0 Å². The summed E-state index contributed by atoms with van der Waals surface area (Å²) in [6.07, 6.45) is 9.06. The highest BCUT2D eigenvalue weighted by molar-refractivity contribution is 5.97. The lowest BCUT2D eigenvalue weighted by atomic mass is 10.0. The lowest BCUT2D eigenvalue weighted by Crippen LogP contribution is -2.00. The van der Waals surface area contributed by atoms with Gasteiger partial charge >= 0.3 is 0 Å². The first kappa shape index (κ1) is 13.7. The molecule has 0 saturated carbocycles. The largest absolute Gasteiger partial charge is 0.385 e. The van der Waals surface area contributed by atoms with Crippen LogP contribution in [0.3, 0.4) is 0 Å². The fourth-order valence-electron chi connectivity index (χ4n) is 2.59. The molecule has 21 heavy (non-hydrogen) atoms. The Morgan fingerprint density at radius 2 is 1.76 bits per heavy atom. The SMILES string of the molecule is CCCCNc1ccc(C=C2C=Cc3ccccc32)cc1. The van der Waals surface area contributed by atoms with Gasteiger partial charge in [-0.15, -0.1) is 0 Å². The van der Waals surface area contributed by atoms with E-state index < -0.39 is 0 Å². The van der Waals surface area contributed by atoms with Crippen LogP contribution in [0.1, 0.15) is 36.5 Å². The van der Waals surface area contributed by atoms with Crippen LogP contribution >= 0.6 is 0 Å². The molecule has 0 saturated heterocycles. The van der Waals surface area contributed by atoms with Gasteiger partial charge in [-0.1, -0.05) is 61.9 Å². The van der Waals surface area contributed by atoms with E-state index in [4.69, 9.17) is 0 Å². The van der Waals surface area contributed by atoms with E-state index in [0.717, 1.165) is 6.54 Å². The molecular weight excluding hydrogens is 254 g/mol. The number of fused-ring (bicyclic) bond motifs is 1. The summed E-state index contributed by atoms with van der Waals surface area (Å²) >= 11 is 0. The zero-order valence-electron chi connectivity index (χ0n) is 12.5. The Morgan fingerprint density at radius 3 is 2.57 bits per heavy atom. The van der Waals surface area contributed by atoms with Crippen LogP contribution in [0.15, 0.2) is 54.6 Å². The van der Waals surface area contributed by atoms with Crippen LogP contribution in [-0.4, -0.2) is 6.54 Å². The lowest BCUT2D eigenvalue weighted by molar-refractivity contribution is 0.834. The first-order valence-corrected chi connectivity index (χ1v) is 7.70. The number of allylic oxidation sites excluding steroid dienone is 2. The molecule has 0 atom stereocenters. The lowest BCUT2D eigenvalue weighted by Gasteiger charge is -2.06. The second-order valence-corrected chi connectivity index (χ2v) is 5.42. The van der Waals surface area contributed by atoms with Crippen molar-refractivity contribution in [3.63, 3.8) is 0 Å². The molecule has 106 valence electrons. The number of hydrogen-bond donors (Lipinski definition) is 1. The van der Waals surface area contributed by atoms with Crippen molar-refractivity contribution >= 4 is 23.4 Å². The van der Waals surface area contributed by atoms with Gasteiger partial charge in [-0.2, -0.15) is 0 Å². The number of unbranched alkanes of at least 4 members (excludes halogenated alkanes) is 1. The number of rotatable bonds is 5. The van der Waals surface area contributed by atoms with Gasteiger partial charge in [0, 0.05) is 12.2 Å². The summed E-state index contributed by atoms with van der Waals surface area (Å²) in [4.78, 5) is 0. The van der Waals surface area contributed by atoms with Gasteiger partial charge in [0.1, 0.15) is 0 Å². The van der Waals surface area contributed by atoms with E-state index in [2.05, 4.69) is 79.0 Å². The highest BCUT2D eigenvalue weighted by atomic mass is 14.9. The van der Waals surface area contributed by atoms with Gasteiger partial charge in [-0.25, -0.2) is 0 Å². The van der Waals surface area contributed by atoms with Crippen LogP contribution < -0.4 is 5.32 Å². The van der Waals surface area contributed by atoms with Crippen molar-refractivity contribution in [1.82, 2.24) is 0 Å². The summed E-state index contributed by atoms with van der Waals surface area (Å²) in [6.45, 7) is 3.26. The quantitative estimate of drug-likeness (QED) is 0.714. The van der Waals surface area contributed by atoms with Crippen LogP contribution in [0.2, 0.25) is 0 Å². The molecule has 0 amide bonds. The average molecular weight is 275 g/mol. The van der Waals surface area contributed by atoms with E-state index in [0.29, 0.717) is 0 Å². The molecular formula is C20H21N. The van der Waals surface area contributed by atoms with Crippen LogP contribution in [0, 0.1) is 0 Å². The first-order valence-electron chi connectivity index (χ1n) is 7.70. The molecule has 0 heterocycles. The topological polar surface area (TPSA) is 12.0 Å². The Kier molecular flexibility index (Phi) is 4.20. The van der Waals surface area contributed by atoms with Gasteiger partial charge in [0.15, 0.2) is 0 Å². The second-order valence-electron chi connectivity index (χ2n) is 5.42. The summed E-state index contributed by atoms with van der Waals surface area (Å²) in [5.41, 5.74) is 6.36. The maximum atomic E-state index is 3.45. The summed E-state index contributed by atoms with van der Waals surface area (Å²) < 4.78 is 0. The molecule has 1 aliphatic carbocycles. The molecule has 0 spiro atoms. The Labute approximate surface area is 127 Å². The van der Waals surface area contributed by atoms with Crippen molar-refractivity contribution in [2.45, 2.75) is 19.8 Å². The molecule has 0 aliphatic heterocycles. The number of hydrogen-bond acceptors (Lipinski definition) is 1. The summed E-state index contributed by atoms with van der Waals surface area (Å²) in [5.74, 6) is 0. The van der Waals surface area contributed by atoms with Crippen LogP contribution in [0.25, 0.3) is 17.7 Å². The minimum Gasteiger partial charge on any atom is -0.385 e. The maximum Gasteiger partial charge on any atom is 0.0340 e. The van der Waals surface area contributed by atoms with E-state index in [1.54, 1.807) is 0 Å². The minimum atomic E-state index is 1.05. The van der Waals surface area contributed by atoms with Gasteiger partial charge in [-0.3, -0.25) is 0 Å². The minimum absolute atomic E-state index is 1.05. The van der Waals surface area contributed by atoms with Crippen LogP contribution in [-0.2, 0) is 0 Å². The molecule has 3 rings (SSSR count). The summed E-state index contributed by atoms with van der Waals surface area (Å²) in [7, 11) is 0. The van der Waals surface area contributed by atoms with Crippen molar-refractivity contribution in [3.8, 4) is 0 Å². The highest BCUT2D eigenvalue weighted by Gasteiger charge is 2.08. The normalized spacial score (nSPS) is 14.4. The monoisotopic (exact) mass is 275 g/mol. The number of anilines is 1. The molecule has 0 radical (unpaired) electrons. The molecule has 1 N–H and O–H groups in total. The zero-order chi connectivity index (χ0) is 14.5. The molecule has 2 aromatic rings. The van der Waals surface area contributed by atoms with E-state index in [9.17, 15) is 0 Å². The predicted octanol–water partition coefficient (Wildman–Crippen LogP) is 5.47. The third-order valence-corrected chi connectivity index (χ3v) is 3.81. The Morgan fingerprint density at radius 1 is 0.952 bits per heavy atom. The van der Waals surface area contributed by atoms with Crippen molar-refractivity contribution in [3.05, 3.63) is 71.3 Å². The fourth-order valence-corrected chi connectivity index (χ4v) is 2.59. The molecule has 0 unspecified atom stereocenters. The van der Waals surface area contributed by atoms with E-state index >= 15 is 0 Å². The summed E-state index contributed by atoms with van der Waals surface area (Å²) in [6, 6.07) is 17.2. The predicted molar refractivity (Wildman–Crippen MR) is 93.2 cm³/mol. The van der Waals surface area contributed by atoms with E-state index in [1.165, 1.54) is 40.8 Å². The third-order valence-electron chi connectivity index (χ3n) is 3.81. The van der Waals surface area contributed by atoms with Crippen LogP contribution in [0.5, 0.6) is 0 Å². The maximum absolute atomic E-state index is 3.45. The molecule has 1 aliphatic rings. The Bertz CT molecular complexity index is 662. The van der Waals surface area contributed by atoms with Gasteiger partial charge in [0.25, 0.3) is 0 Å². The molecule has 0 fully saturated rings. The molecule has 0 bridgehead atoms. The highest BCUT2D eigenvalue weighted by Crippen LogP contribution is 2.30. The van der Waals surface area contributed by atoms with Gasteiger partial charge in [0.05, 0.1) is 0 Å². The Balaban J connectivity index is 1.74. The molecule has 1 nitrogen and oxygen atoms in total. The second kappa shape index (κ2) is 6.45. The molecule has 2 aromatic carbocycles. The number of nitrogens with one attached hydrogen (secondary N) is 1. The number of benzene rings is 2. The molecule has 0 aromatic heterocycles. The van der Waals surface area contributed by atoms with E-state index in [-0.39, 0.29) is 0 Å². The zero-order valence-corrected chi connectivity index (χ0v) is 12.5. The standard InChI is InChI=1S/C20H21N/c1-2-3-14-21-19-12-8-16(9-13-19)15-18-11-10-17-6-4-5-7-20(17)18/h4-13,15,21H,2-3,14H2,1H3. The van der Waals surface area contributed by atoms with Crippen molar-refractivity contribution in [2.24, 2.45) is 0 Å².